The molecule has 0 aliphatic heterocycles. The fourth-order valence-electron chi connectivity index (χ4n) is 3.46. The Morgan fingerprint density at radius 1 is 0.973 bits per heavy atom. The van der Waals surface area contributed by atoms with Gasteiger partial charge in [0.1, 0.15) is 5.75 Å². The van der Waals surface area contributed by atoms with E-state index in [0.717, 1.165) is 22.5 Å². The van der Waals surface area contributed by atoms with Crippen LogP contribution >= 0.6 is 23.4 Å². The fraction of sp³-hybridized carbons (Fsp3) is 0.185. The molecule has 0 saturated carbocycles. The summed E-state index contributed by atoms with van der Waals surface area (Å²) in [6.07, 6.45) is 0. The zero-order valence-corrected chi connectivity index (χ0v) is 22.0. The van der Waals surface area contributed by atoms with Crippen LogP contribution in [0.5, 0.6) is 5.75 Å². The first-order valence-electron chi connectivity index (χ1n) is 11.5. The molecule has 4 rings (SSSR count). The molecule has 1 aromatic heterocycles. The molecule has 0 atom stereocenters. The number of aromatic nitrogens is 3. The van der Waals surface area contributed by atoms with Gasteiger partial charge in [-0.05, 0) is 61.4 Å². The van der Waals surface area contributed by atoms with Gasteiger partial charge in [0.2, 0.25) is 5.91 Å². The maximum absolute atomic E-state index is 12.7. The lowest BCUT2D eigenvalue weighted by Crippen LogP contribution is -2.29. The number of carbonyl (C=O) groups excluding carboxylic acids is 2. The minimum absolute atomic E-state index is 0.117. The summed E-state index contributed by atoms with van der Waals surface area (Å²) >= 11 is 7.47. The van der Waals surface area contributed by atoms with E-state index in [2.05, 4.69) is 20.8 Å². The number of ether oxygens (including phenoxy) is 1. The quantitative estimate of drug-likeness (QED) is 0.278. The average molecular weight is 536 g/mol. The Hall–Kier alpha value is -3.82. The highest BCUT2D eigenvalue weighted by Gasteiger charge is 2.17. The molecule has 2 N–H and O–H groups in total. The summed E-state index contributed by atoms with van der Waals surface area (Å²) < 4.78 is 7.28. The predicted molar refractivity (Wildman–Crippen MR) is 145 cm³/mol. The molecule has 0 radical (unpaired) electrons. The standard InChI is InChI=1S/C27H26ClN5O3S/c1-18-11-12-19(2)23(13-18)30-26(35)17-37-27-32-31-24(33(27)21-8-6-7-20(28)14-21)15-29-25(34)16-36-22-9-4-3-5-10-22/h3-14H,15-17H2,1-2H3,(H,29,34)(H,30,35). The minimum atomic E-state index is -0.299. The Labute approximate surface area is 224 Å². The van der Waals surface area contributed by atoms with Gasteiger partial charge in [-0.15, -0.1) is 10.2 Å². The molecule has 0 aliphatic rings. The normalized spacial score (nSPS) is 10.7. The second-order valence-corrected chi connectivity index (χ2v) is 9.63. The predicted octanol–water partition coefficient (Wildman–Crippen LogP) is 4.96. The summed E-state index contributed by atoms with van der Waals surface area (Å²) in [5, 5.41) is 15.3. The number of anilines is 1. The zero-order chi connectivity index (χ0) is 26.2. The number of amides is 2. The molecule has 0 fully saturated rings. The van der Waals surface area contributed by atoms with E-state index in [4.69, 9.17) is 16.3 Å². The van der Waals surface area contributed by atoms with Crippen molar-refractivity contribution >= 4 is 40.9 Å². The van der Waals surface area contributed by atoms with Crippen LogP contribution in [-0.2, 0) is 16.1 Å². The number of nitrogens with zero attached hydrogens (tertiary/aromatic N) is 3. The van der Waals surface area contributed by atoms with Crippen LogP contribution in [0, 0.1) is 13.8 Å². The highest BCUT2D eigenvalue weighted by molar-refractivity contribution is 7.99. The zero-order valence-electron chi connectivity index (χ0n) is 20.4. The molecule has 0 aliphatic carbocycles. The van der Waals surface area contributed by atoms with Gasteiger partial charge < -0.3 is 15.4 Å². The van der Waals surface area contributed by atoms with Gasteiger partial charge in [0.05, 0.1) is 18.0 Å². The summed E-state index contributed by atoms with van der Waals surface area (Å²) in [7, 11) is 0. The molecule has 0 spiro atoms. The van der Waals surface area contributed by atoms with Gasteiger partial charge in [-0.2, -0.15) is 0 Å². The van der Waals surface area contributed by atoms with E-state index in [1.807, 2.05) is 62.4 Å². The number of nitrogens with one attached hydrogen (secondary N) is 2. The van der Waals surface area contributed by atoms with Gasteiger partial charge in [-0.25, -0.2) is 0 Å². The maximum Gasteiger partial charge on any atom is 0.258 e. The Morgan fingerprint density at radius 2 is 1.78 bits per heavy atom. The number of halogens is 1. The first-order chi connectivity index (χ1) is 17.9. The van der Waals surface area contributed by atoms with Crippen molar-refractivity contribution in [2.24, 2.45) is 0 Å². The number of aryl methyl sites for hydroxylation is 2. The van der Waals surface area contributed by atoms with E-state index >= 15 is 0 Å². The Bertz CT molecular complexity index is 1390. The molecule has 0 bridgehead atoms. The third-order valence-electron chi connectivity index (χ3n) is 5.32. The van der Waals surface area contributed by atoms with Crippen molar-refractivity contribution in [3.05, 3.63) is 94.8 Å². The van der Waals surface area contributed by atoms with E-state index in [1.54, 1.807) is 28.8 Å². The minimum Gasteiger partial charge on any atom is -0.484 e. The van der Waals surface area contributed by atoms with Gasteiger partial charge in [0.15, 0.2) is 17.6 Å². The Balaban J connectivity index is 1.44. The van der Waals surface area contributed by atoms with Crippen LogP contribution in [0.15, 0.2) is 78.0 Å². The molecular formula is C27H26ClN5O3S. The van der Waals surface area contributed by atoms with E-state index in [1.165, 1.54) is 11.8 Å². The fourth-order valence-corrected chi connectivity index (χ4v) is 4.42. The van der Waals surface area contributed by atoms with Crippen molar-refractivity contribution in [3.63, 3.8) is 0 Å². The second kappa shape index (κ2) is 12.4. The van der Waals surface area contributed by atoms with Gasteiger partial charge in [-0.3, -0.25) is 14.2 Å². The van der Waals surface area contributed by atoms with E-state index in [0.29, 0.717) is 21.8 Å². The summed E-state index contributed by atoms with van der Waals surface area (Å²) in [5.74, 6) is 0.771. The van der Waals surface area contributed by atoms with Crippen LogP contribution in [0.2, 0.25) is 5.02 Å². The van der Waals surface area contributed by atoms with Crippen LogP contribution in [0.4, 0.5) is 5.69 Å². The van der Waals surface area contributed by atoms with Gasteiger partial charge in [0.25, 0.3) is 5.91 Å². The topological polar surface area (TPSA) is 98.1 Å². The lowest BCUT2D eigenvalue weighted by atomic mass is 10.1. The number of hydrogen-bond donors (Lipinski definition) is 2. The molecule has 0 unspecified atom stereocenters. The molecule has 37 heavy (non-hydrogen) atoms. The van der Waals surface area contributed by atoms with Crippen LogP contribution < -0.4 is 15.4 Å². The van der Waals surface area contributed by atoms with Gasteiger partial charge in [0, 0.05) is 10.7 Å². The summed E-state index contributed by atoms with van der Waals surface area (Å²) in [6.45, 7) is 3.91. The molecule has 4 aromatic rings. The molecule has 2 amide bonds. The Kier molecular flexibility index (Phi) is 8.81. The number of thioether (sulfide) groups is 1. The van der Waals surface area contributed by atoms with Crippen LogP contribution in [0.25, 0.3) is 5.69 Å². The molecule has 10 heteroatoms. The Morgan fingerprint density at radius 3 is 2.57 bits per heavy atom. The molecular weight excluding hydrogens is 510 g/mol. The van der Waals surface area contributed by atoms with Crippen LogP contribution in [-0.4, -0.2) is 38.9 Å². The van der Waals surface area contributed by atoms with E-state index < -0.39 is 0 Å². The van der Waals surface area contributed by atoms with Gasteiger partial charge >= 0.3 is 0 Å². The highest BCUT2D eigenvalue weighted by atomic mass is 35.5. The third-order valence-corrected chi connectivity index (χ3v) is 6.49. The smallest absolute Gasteiger partial charge is 0.258 e. The first-order valence-corrected chi connectivity index (χ1v) is 12.9. The van der Waals surface area contributed by atoms with Crippen molar-refractivity contribution < 1.29 is 14.3 Å². The molecule has 0 saturated heterocycles. The number of para-hydroxylation sites is 1. The summed E-state index contributed by atoms with van der Waals surface area (Å²) in [6, 6.07) is 22.2. The molecule has 1 heterocycles. The van der Waals surface area contributed by atoms with Crippen LogP contribution in [0.1, 0.15) is 17.0 Å². The summed E-state index contributed by atoms with van der Waals surface area (Å²) in [4.78, 5) is 25.0. The van der Waals surface area contributed by atoms with Gasteiger partial charge in [-0.1, -0.05) is 59.8 Å². The van der Waals surface area contributed by atoms with Crippen molar-refractivity contribution in [2.75, 3.05) is 17.7 Å². The molecule has 190 valence electrons. The molecule has 3 aromatic carbocycles. The van der Waals surface area contributed by atoms with E-state index in [-0.39, 0.29) is 30.7 Å². The lowest BCUT2D eigenvalue weighted by Gasteiger charge is -2.12. The third kappa shape index (κ3) is 7.34. The van der Waals surface area contributed by atoms with Crippen molar-refractivity contribution in [3.8, 4) is 11.4 Å². The number of rotatable bonds is 10. The van der Waals surface area contributed by atoms with Crippen LogP contribution in [0.3, 0.4) is 0 Å². The largest absolute Gasteiger partial charge is 0.484 e. The van der Waals surface area contributed by atoms with Crippen molar-refractivity contribution in [1.29, 1.82) is 0 Å². The summed E-state index contributed by atoms with van der Waals surface area (Å²) in [5.41, 5.74) is 3.55. The highest BCUT2D eigenvalue weighted by Crippen LogP contribution is 2.25. The number of hydrogen-bond acceptors (Lipinski definition) is 6. The van der Waals surface area contributed by atoms with Crippen molar-refractivity contribution in [1.82, 2.24) is 20.1 Å². The monoisotopic (exact) mass is 535 g/mol. The van der Waals surface area contributed by atoms with E-state index in [9.17, 15) is 9.59 Å². The average Bonchev–Trinajstić information content (AvgIpc) is 3.30. The number of benzene rings is 3. The maximum atomic E-state index is 12.7. The van der Waals surface area contributed by atoms with Crippen molar-refractivity contribution in [2.45, 2.75) is 25.5 Å². The number of carbonyl (C=O) groups is 2. The lowest BCUT2D eigenvalue weighted by molar-refractivity contribution is -0.123. The first kappa shape index (κ1) is 26.2. The second-order valence-electron chi connectivity index (χ2n) is 8.25. The SMILES string of the molecule is Cc1ccc(C)c(NC(=O)CSc2nnc(CNC(=O)COc3ccccc3)n2-c2cccc(Cl)c2)c1. The molecule has 8 nitrogen and oxygen atoms in total.